The highest BCUT2D eigenvalue weighted by atomic mass is 16.4. The molecule has 0 spiro atoms. The quantitative estimate of drug-likeness (QED) is 0.612. The van der Waals surface area contributed by atoms with Gasteiger partial charge in [-0.25, -0.2) is 9.59 Å². The minimum Gasteiger partial charge on any atom is -0.480 e. The molecule has 0 radical (unpaired) electrons. The molecule has 0 aliphatic heterocycles. The van der Waals surface area contributed by atoms with Crippen LogP contribution in [-0.4, -0.2) is 30.2 Å². The van der Waals surface area contributed by atoms with E-state index in [0.717, 1.165) is 5.56 Å². The Morgan fingerprint density at radius 1 is 1.30 bits per heavy atom. The summed E-state index contributed by atoms with van der Waals surface area (Å²) in [4.78, 5) is 22.8. The second-order valence-electron chi connectivity index (χ2n) is 4.47. The molecule has 1 unspecified atom stereocenters. The zero-order valence-electron chi connectivity index (χ0n) is 11.8. The summed E-state index contributed by atoms with van der Waals surface area (Å²) in [5.41, 5.74) is 1.60. The highest BCUT2D eigenvalue weighted by molar-refractivity contribution is 5.92. The van der Waals surface area contributed by atoms with Gasteiger partial charge in [0.05, 0.1) is 0 Å². The summed E-state index contributed by atoms with van der Waals surface area (Å²) in [6.45, 7) is 2.49. The van der Waals surface area contributed by atoms with Crippen molar-refractivity contribution in [1.29, 1.82) is 0 Å². The van der Waals surface area contributed by atoms with Crippen molar-refractivity contribution in [2.24, 2.45) is 0 Å². The molecule has 6 nitrogen and oxygen atoms in total. The van der Waals surface area contributed by atoms with Gasteiger partial charge in [0.2, 0.25) is 0 Å². The van der Waals surface area contributed by atoms with Gasteiger partial charge >= 0.3 is 12.0 Å². The van der Waals surface area contributed by atoms with Gasteiger partial charge in [-0.2, -0.15) is 0 Å². The summed E-state index contributed by atoms with van der Waals surface area (Å²) in [5.74, 6) is -1.02. The second-order valence-corrected chi connectivity index (χ2v) is 4.47. The Hall–Kier alpha value is -2.08. The van der Waals surface area contributed by atoms with Crippen LogP contribution in [0.4, 0.5) is 10.5 Å². The number of urea groups is 1. The Morgan fingerprint density at radius 3 is 2.60 bits per heavy atom. The maximum atomic E-state index is 11.9. The minimum absolute atomic E-state index is 0.404. The lowest BCUT2D eigenvalue weighted by atomic mass is 10.1. The number of carboxylic acid groups (broad SMARTS) is 1. The molecule has 0 heterocycles. The Balaban J connectivity index is 2.68. The Morgan fingerprint density at radius 2 is 2.00 bits per heavy atom. The average Bonchev–Trinajstić information content (AvgIpc) is 2.40. The maximum Gasteiger partial charge on any atom is 0.326 e. The van der Waals surface area contributed by atoms with E-state index in [1.807, 2.05) is 32.2 Å². The SMILES string of the molecule is CCCC(NC(=O)Nc1ccccc1CNC)C(=O)O. The van der Waals surface area contributed by atoms with Crippen LogP contribution in [0, 0.1) is 0 Å². The fourth-order valence-corrected chi connectivity index (χ4v) is 1.85. The molecule has 0 saturated carbocycles. The van der Waals surface area contributed by atoms with E-state index >= 15 is 0 Å². The number of hydrogen-bond acceptors (Lipinski definition) is 3. The normalized spacial score (nSPS) is 11.7. The number of anilines is 1. The first-order valence-electron chi connectivity index (χ1n) is 6.61. The summed E-state index contributed by atoms with van der Waals surface area (Å²) in [7, 11) is 1.82. The van der Waals surface area contributed by atoms with Gasteiger partial charge in [0, 0.05) is 12.2 Å². The van der Waals surface area contributed by atoms with Gasteiger partial charge in [0.15, 0.2) is 0 Å². The predicted molar refractivity (Wildman–Crippen MR) is 77.7 cm³/mol. The van der Waals surface area contributed by atoms with Crippen LogP contribution in [0.15, 0.2) is 24.3 Å². The Labute approximate surface area is 118 Å². The predicted octanol–water partition coefficient (Wildman–Crippen LogP) is 1.78. The van der Waals surface area contributed by atoms with E-state index in [4.69, 9.17) is 5.11 Å². The molecule has 1 rings (SSSR count). The topological polar surface area (TPSA) is 90.5 Å². The number of aliphatic carboxylic acids is 1. The summed E-state index contributed by atoms with van der Waals surface area (Å²) in [6.07, 6.45) is 1.09. The lowest BCUT2D eigenvalue weighted by molar-refractivity contribution is -0.139. The van der Waals surface area contributed by atoms with E-state index in [1.54, 1.807) is 6.07 Å². The molecule has 0 bridgehead atoms. The zero-order chi connectivity index (χ0) is 15.0. The van der Waals surface area contributed by atoms with E-state index in [1.165, 1.54) is 0 Å². The van der Waals surface area contributed by atoms with Crippen molar-refractivity contribution in [2.75, 3.05) is 12.4 Å². The lowest BCUT2D eigenvalue weighted by Gasteiger charge is -2.16. The van der Waals surface area contributed by atoms with Gasteiger partial charge in [-0.05, 0) is 25.1 Å². The molecule has 1 aromatic rings. The van der Waals surface area contributed by atoms with Crippen LogP contribution in [0.1, 0.15) is 25.3 Å². The van der Waals surface area contributed by atoms with Crippen LogP contribution in [0.5, 0.6) is 0 Å². The molecule has 1 aromatic carbocycles. The molecule has 20 heavy (non-hydrogen) atoms. The molecule has 0 aliphatic carbocycles. The van der Waals surface area contributed by atoms with Crippen LogP contribution in [0.3, 0.4) is 0 Å². The first kappa shape index (κ1) is 16.0. The number of carbonyl (C=O) groups is 2. The Kier molecular flexibility index (Phi) is 6.52. The van der Waals surface area contributed by atoms with E-state index in [-0.39, 0.29) is 0 Å². The van der Waals surface area contributed by atoms with E-state index in [0.29, 0.717) is 25.1 Å². The van der Waals surface area contributed by atoms with Crippen molar-refractivity contribution in [3.05, 3.63) is 29.8 Å². The molecule has 1 atom stereocenters. The highest BCUT2D eigenvalue weighted by Crippen LogP contribution is 2.14. The van der Waals surface area contributed by atoms with Crippen LogP contribution < -0.4 is 16.0 Å². The summed E-state index contributed by atoms with van der Waals surface area (Å²) < 4.78 is 0. The van der Waals surface area contributed by atoms with Gasteiger partial charge in [-0.1, -0.05) is 31.5 Å². The van der Waals surface area contributed by atoms with Gasteiger partial charge in [-0.3, -0.25) is 0 Å². The largest absolute Gasteiger partial charge is 0.480 e. The molecule has 110 valence electrons. The number of carboxylic acids is 1. The minimum atomic E-state index is -1.02. The first-order chi connectivity index (χ1) is 9.58. The fourth-order valence-electron chi connectivity index (χ4n) is 1.85. The third-order valence-electron chi connectivity index (χ3n) is 2.81. The third kappa shape index (κ3) is 4.89. The van der Waals surface area contributed by atoms with Crippen LogP contribution in [-0.2, 0) is 11.3 Å². The highest BCUT2D eigenvalue weighted by Gasteiger charge is 2.18. The van der Waals surface area contributed by atoms with Gasteiger partial charge in [-0.15, -0.1) is 0 Å². The van der Waals surface area contributed by atoms with Crippen molar-refractivity contribution in [2.45, 2.75) is 32.4 Å². The number of amides is 2. The molecular weight excluding hydrogens is 258 g/mol. The first-order valence-corrected chi connectivity index (χ1v) is 6.61. The van der Waals surface area contributed by atoms with Crippen LogP contribution >= 0.6 is 0 Å². The number of hydrogen-bond donors (Lipinski definition) is 4. The van der Waals surface area contributed by atoms with E-state index in [2.05, 4.69) is 16.0 Å². The third-order valence-corrected chi connectivity index (χ3v) is 2.81. The van der Waals surface area contributed by atoms with Crippen LogP contribution in [0.25, 0.3) is 0 Å². The Bertz CT molecular complexity index is 463. The summed E-state index contributed by atoms with van der Waals surface area (Å²) in [6, 6.07) is 6.00. The van der Waals surface area contributed by atoms with Gasteiger partial charge in [0.1, 0.15) is 6.04 Å². The van der Waals surface area contributed by atoms with Crippen molar-refractivity contribution < 1.29 is 14.7 Å². The van der Waals surface area contributed by atoms with Crippen molar-refractivity contribution in [3.63, 3.8) is 0 Å². The van der Waals surface area contributed by atoms with E-state index in [9.17, 15) is 9.59 Å². The molecule has 6 heteroatoms. The fraction of sp³-hybridized carbons (Fsp3) is 0.429. The summed E-state index contributed by atoms with van der Waals surface area (Å²) in [5, 5.41) is 17.2. The van der Waals surface area contributed by atoms with Crippen molar-refractivity contribution in [1.82, 2.24) is 10.6 Å². The molecule has 0 aromatic heterocycles. The molecule has 4 N–H and O–H groups in total. The number of nitrogens with one attached hydrogen (secondary N) is 3. The van der Waals surface area contributed by atoms with Crippen molar-refractivity contribution in [3.8, 4) is 0 Å². The lowest BCUT2D eigenvalue weighted by Crippen LogP contribution is -2.43. The standard InChI is InChI=1S/C14H21N3O3/c1-3-6-12(13(18)19)17-14(20)16-11-8-5-4-7-10(11)9-15-2/h4-5,7-8,12,15H,3,6,9H2,1-2H3,(H,18,19)(H2,16,17,20). The number of benzene rings is 1. The molecule has 2 amide bonds. The number of para-hydroxylation sites is 1. The molecular formula is C14H21N3O3. The number of carbonyl (C=O) groups excluding carboxylic acids is 1. The molecule has 0 fully saturated rings. The second kappa shape index (κ2) is 8.16. The monoisotopic (exact) mass is 279 g/mol. The van der Waals surface area contributed by atoms with Gasteiger partial charge in [0.25, 0.3) is 0 Å². The smallest absolute Gasteiger partial charge is 0.326 e. The zero-order valence-corrected chi connectivity index (χ0v) is 11.8. The molecule has 0 aliphatic rings. The van der Waals surface area contributed by atoms with E-state index < -0.39 is 18.0 Å². The molecule has 0 saturated heterocycles. The van der Waals surface area contributed by atoms with Crippen LogP contribution in [0.2, 0.25) is 0 Å². The summed E-state index contributed by atoms with van der Waals surface area (Å²) >= 11 is 0. The maximum absolute atomic E-state index is 11.9. The van der Waals surface area contributed by atoms with Crippen molar-refractivity contribution >= 4 is 17.7 Å². The average molecular weight is 279 g/mol. The van der Waals surface area contributed by atoms with Gasteiger partial charge < -0.3 is 21.1 Å². The number of rotatable bonds is 7.